The van der Waals surface area contributed by atoms with Crippen molar-refractivity contribution in [3.05, 3.63) is 27.2 Å². The molecule has 1 aromatic rings. The minimum absolute atomic E-state index is 0.139. The van der Waals surface area contributed by atoms with Crippen molar-refractivity contribution < 1.29 is 5.11 Å². The van der Waals surface area contributed by atoms with E-state index in [2.05, 4.69) is 22.0 Å². The van der Waals surface area contributed by atoms with Crippen LogP contribution in [0.25, 0.3) is 0 Å². The average molecular weight is 273 g/mol. The topological polar surface area (TPSA) is 44.0 Å². The second kappa shape index (κ2) is 3.15. The molecule has 14 heavy (non-hydrogen) atoms. The fraction of sp³-hybridized carbons (Fsp3) is 0.300. The molecule has 1 fully saturated rings. The van der Waals surface area contributed by atoms with Crippen LogP contribution >= 0.6 is 27.5 Å². The molecule has 0 heterocycles. The Morgan fingerprint density at radius 3 is 2.64 bits per heavy atom. The molecule has 0 spiro atoms. The van der Waals surface area contributed by atoms with E-state index in [-0.39, 0.29) is 5.75 Å². The van der Waals surface area contributed by atoms with Gasteiger partial charge in [0.05, 0.1) is 16.5 Å². The first-order chi connectivity index (χ1) is 6.59. The van der Waals surface area contributed by atoms with Crippen LogP contribution in [0.2, 0.25) is 5.02 Å². The summed E-state index contributed by atoms with van der Waals surface area (Å²) in [6.45, 7) is 0. The van der Waals surface area contributed by atoms with Crippen LogP contribution in [0.1, 0.15) is 18.4 Å². The van der Waals surface area contributed by atoms with Crippen LogP contribution in [-0.4, -0.2) is 5.11 Å². The maximum Gasteiger partial charge on any atom is 0.121 e. The van der Waals surface area contributed by atoms with Gasteiger partial charge >= 0.3 is 0 Å². The molecule has 0 amide bonds. The number of phenolic OH excluding ortho intramolecular Hbond substituents is 1. The highest BCUT2D eigenvalue weighted by Crippen LogP contribution is 2.51. The maximum absolute atomic E-state index is 9.68. The quantitative estimate of drug-likeness (QED) is 0.852. The van der Waals surface area contributed by atoms with Gasteiger partial charge in [-0.25, -0.2) is 0 Å². The lowest BCUT2D eigenvalue weighted by Gasteiger charge is -2.10. The van der Waals surface area contributed by atoms with E-state index in [1.165, 1.54) is 6.07 Å². The molecule has 0 unspecified atom stereocenters. The van der Waals surface area contributed by atoms with Gasteiger partial charge in [-0.15, -0.1) is 0 Å². The predicted molar refractivity (Wildman–Crippen MR) is 57.3 cm³/mol. The van der Waals surface area contributed by atoms with Crippen molar-refractivity contribution in [1.29, 1.82) is 5.26 Å². The van der Waals surface area contributed by atoms with E-state index in [4.69, 9.17) is 16.9 Å². The summed E-state index contributed by atoms with van der Waals surface area (Å²) in [5, 5.41) is 19.2. The van der Waals surface area contributed by atoms with Crippen LogP contribution < -0.4 is 0 Å². The average Bonchev–Trinajstić information content (AvgIpc) is 2.92. The van der Waals surface area contributed by atoms with Crippen molar-refractivity contribution in [3.8, 4) is 11.8 Å². The largest absolute Gasteiger partial charge is 0.508 e. The summed E-state index contributed by atoms with van der Waals surface area (Å²) in [5.41, 5.74) is 0.155. The lowest BCUT2D eigenvalue weighted by atomic mass is 9.97. The Bertz CT molecular complexity index is 434. The van der Waals surface area contributed by atoms with E-state index in [0.717, 1.165) is 12.8 Å². The van der Waals surface area contributed by atoms with E-state index >= 15 is 0 Å². The molecule has 0 bridgehead atoms. The van der Waals surface area contributed by atoms with Crippen LogP contribution in [0, 0.1) is 11.3 Å². The van der Waals surface area contributed by atoms with Crippen LogP contribution in [-0.2, 0) is 5.41 Å². The standard InChI is InChI=1S/C10H7BrClNO/c11-7-4-9(14)6(3-8(7)12)10(5-13)1-2-10/h3-4,14H,1-2H2. The third kappa shape index (κ3) is 1.39. The Kier molecular flexibility index (Phi) is 2.21. The number of hydrogen-bond acceptors (Lipinski definition) is 2. The maximum atomic E-state index is 9.68. The molecule has 1 N–H and O–H groups in total. The normalized spacial score (nSPS) is 17.5. The molecule has 0 aromatic heterocycles. The van der Waals surface area contributed by atoms with E-state index in [0.29, 0.717) is 15.1 Å². The molecule has 0 aliphatic heterocycles. The van der Waals surface area contributed by atoms with Gasteiger partial charge in [0.15, 0.2) is 0 Å². The third-order valence-corrected chi connectivity index (χ3v) is 3.72. The first kappa shape index (κ1) is 9.82. The van der Waals surface area contributed by atoms with Crippen LogP contribution in [0.15, 0.2) is 16.6 Å². The monoisotopic (exact) mass is 271 g/mol. The number of rotatable bonds is 1. The number of hydrogen-bond donors (Lipinski definition) is 1. The molecule has 0 atom stereocenters. The van der Waals surface area contributed by atoms with Gasteiger partial charge in [-0.2, -0.15) is 5.26 Å². The van der Waals surface area contributed by atoms with Crippen LogP contribution in [0.4, 0.5) is 0 Å². The summed E-state index contributed by atoms with van der Waals surface area (Å²) in [6, 6.07) is 5.42. The van der Waals surface area contributed by atoms with Gasteiger partial charge in [-0.3, -0.25) is 0 Å². The lowest BCUT2D eigenvalue weighted by Crippen LogP contribution is -2.02. The van der Waals surface area contributed by atoms with Crippen LogP contribution in [0.5, 0.6) is 5.75 Å². The molecule has 1 saturated carbocycles. The number of nitrogens with zero attached hydrogens (tertiary/aromatic N) is 1. The highest BCUT2D eigenvalue weighted by molar-refractivity contribution is 9.10. The lowest BCUT2D eigenvalue weighted by molar-refractivity contribution is 0.464. The van der Waals surface area contributed by atoms with E-state index in [9.17, 15) is 5.11 Å². The Hall–Kier alpha value is -0.720. The number of halogens is 2. The molecule has 2 nitrogen and oxygen atoms in total. The third-order valence-electron chi connectivity index (χ3n) is 2.52. The summed E-state index contributed by atoms with van der Waals surface area (Å²) < 4.78 is 0.647. The number of benzene rings is 1. The molecular weight excluding hydrogens is 265 g/mol. The SMILES string of the molecule is N#CC1(c2cc(Cl)c(Br)cc2O)CC1. The van der Waals surface area contributed by atoms with Crippen molar-refractivity contribution in [2.75, 3.05) is 0 Å². The Morgan fingerprint density at radius 1 is 1.50 bits per heavy atom. The van der Waals surface area contributed by atoms with Crippen molar-refractivity contribution in [2.45, 2.75) is 18.3 Å². The molecule has 72 valence electrons. The van der Waals surface area contributed by atoms with Gasteiger partial charge in [-0.05, 0) is 40.9 Å². The van der Waals surface area contributed by atoms with Gasteiger partial charge < -0.3 is 5.11 Å². The van der Waals surface area contributed by atoms with E-state index in [1.54, 1.807) is 6.07 Å². The molecule has 2 rings (SSSR count). The zero-order chi connectivity index (χ0) is 10.3. The summed E-state index contributed by atoms with van der Waals surface area (Å²) in [5.74, 6) is 0.139. The highest BCUT2D eigenvalue weighted by Gasteiger charge is 2.46. The molecule has 0 saturated heterocycles. The Morgan fingerprint density at radius 2 is 2.14 bits per heavy atom. The van der Waals surface area contributed by atoms with Gasteiger partial charge in [0.25, 0.3) is 0 Å². The number of aromatic hydroxyl groups is 1. The Balaban J connectivity index is 2.55. The second-order valence-corrected chi connectivity index (χ2v) is 4.74. The molecule has 1 aliphatic carbocycles. The molecule has 4 heteroatoms. The summed E-state index contributed by atoms with van der Waals surface area (Å²) in [6.07, 6.45) is 1.60. The number of phenols is 1. The van der Waals surface area contributed by atoms with Gasteiger partial charge in [0.2, 0.25) is 0 Å². The van der Waals surface area contributed by atoms with E-state index < -0.39 is 5.41 Å². The summed E-state index contributed by atoms with van der Waals surface area (Å²) in [4.78, 5) is 0. The highest BCUT2D eigenvalue weighted by atomic mass is 79.9. The zero-order valence-electron chi connectivity index (χ0n) is 7.22. The van der Waals surface area contributed by atoms with Crippen LogP contribution in [0.3, 0.4) is 0 Å². The fourth-order valence-corrected chi connectivity index (χ4v) is 1.98. The van der Waals surface area contributed by atoms with E-state index in [1.807, 2.05) is 0 Å². The van der Waals surface area contributed by atoms with Gasteiger partial charge in [-0.1, -0.05) is 11.6 Å². The van der Waals surface area contributed by atoms with Crippen molar-refractivity contribution >= 4 is 27.5 Å². The van der Waals surface area contributed by atoms with Gasteiger partial charge in [0, 0.05) is 10.0 Å². The molecule has 0 radical (unpaired) electrons. The summed E-state index contributed by atoms with van der Waals surface area (Å²) >= 11 is 9.12. The Labute approximate surface area is 95.2 Å². The van der Waals surface area contributed by atoms with Crippen molar-refractivity contribution in [3.63, 3.8) is 0 Å². The molecular formula is C10H7BrClNO. The summed E-state index contributed by atoms with van der Waals surface area (Å²) in [7, 11) is 0. The zero-order valence-corrected chi connectivity index (χ0v) is 9.56. The molecule has 1 aliphatic rings. The minimum Gasteiger partial charge on any atom is -0.508 e. The van der Waals surface area contributed by atoms with Gasteiger partial charge in [0.1, 0.15) is 5.75 Å². The molecule has 1 aromatic carbocycles. The minimum atomic E-state index is -0.492. The first-order valence-electron chi connectivity index (χ1n) is 4.19. The number of nitriles is 1. The first-order valence-corrected chi connectivity index (χ1v) is 5.36. The van der Waals surface area contributed by atoms with Crippen molar-refractivity contribution in [1.82, 2.24) is 0 Å². The fourth-order valence-electron chi connectivity index (χ4n) is 1.49. The predicted octanol–water partition coefficient (Wildman–Crippen LogP) is 3.36. The van der Waals surface area contributed by atoms with Crippen molar-refractivity contribution in [2.24, 2.45) is 0 Å². The second-order valence-electron chi connectivity index (χ2n) is 3.48. The smallest absolute Gasteiger partial charge is 0.121 e.